The Morgan fingerprint density at radius 3 is 2.64 bits per heavy atom. The minimum atomic E-state index is -5.16. The first-order valence-corrected chi connectivity index (χ1v) is 7.04. The number of aliphatic hydroxyl groups excluding tert-OH is 1. The molecule has 3 unspecified atom stereocenters. The topological polar surface area (TPSA) is 157 Å². The summed E-state index contributed by atoms with van der Waals surface area (Å²) in [6.07, 6.45) is -1.88. The van der Waals surface area contributed by atoms with E-state index in [0.29, 0.717) is 0 Å². The van der Waals surface area contributed by atoms with E-state index in [1.807, 2.05) is 4.98 Å². The number of aromatic nitrogens is 2. The van der Waals surface area contributed by atoms with E-state index in [2.05, 4.69) is 4.52 Å². The van der Waals surface area contributed by atoms with Crippen molar-refractivity contribution in [1.82, 2.24) is 9.55 Å². The predicted octanol–water partition coefficient (Wildman–Crippen LogP) is -8.96. The number of rotatable bonds is 4. The fraction of sp³-hybridized carbons (Fsp3) is 0.556. The van der Waals surface area contributed by atoms with Gasteiger partial charge in [0.05, 0.1) is 20.5 Å². The molecule has 0 aliphatic carbocycles. The van der Waals surface area contributed by atoms with E-state index < -0.39 is 44.1 Å². The molecule has 0 saturated carbocycles. The third-order valence-electron chi connectivity index (χ3n) is 2.76. The minimum absolute atomic E-state index is 0. The van der Waals surface area contributed by atoms with Gasteiger partial charge in [0, 0.05) is 18.7 Å². The van der Waals surface area contributed by atoms with Gasteiger partial charge in [-0.1, -0.05) is 0 Å². The maximum absolute atomic E-state index is 11.5. The van der Waals surface area contributed by atoms with Crippen LogP contribution in [0.5, 0.6) is 0 Å². The molecule has 0 bridgehead atoms. The van der Waals surface area contributed by atoms with Crippen molar-refractivity contribution in [3.8, 4) is 0 Å². The molecule has 1 aliphatic heterocycles. The van der Waals surface area contributed by atoms with Crippen LogP contribution in [0.15, 0.2) is 21.9 Å². The van der Waals surface area contributed by atoms with Crippen LogP contribution in [0.2, 0.25) is 0 Å². The predicted molar refractivity (Wildman–Crippen MR) is 59.4 cm³/mol. The summed E-state index contributed by atoms with van der Waals surface area (Å²) in [5.41, 5.74) is -1.31. The zero-order valence-corrected chi connectivity index (χ0v) is 16.9. The number of phosphoric ester groups is 1. The summed E-state index contributed by atoms with van der Waals surface area (Å²) in [7, 11) is -5.16. The van der Waals surface area contributed by atoms with Crippen LogP contribution in [0.25, 0.3) is 0 Å². The zero-order valence-electron chi connectivity index (χ0n) is 12.0. The number of H-pyrrole nitrogens is 1. The van der Waals surface area contributed by atoms with Crippen LogP contribution >= 0.6 is 7.82 Å². The number of nitrogens with zero attached hydrogens (tertiary/aromatic N) is 1. The molecule has 112 valence electrons. The molecule has 1 saturated heterocycles. The van der Waals surface area contributed by atoms with Crippen LogP contribution in [0.1, 0.15) is 12.6 Å². The molecule has 3 atom stereocenters. The maximum atomic E-state index is 11.5. The van der Waals surface area contributed by atoms with Gasteiger partial charge in [0.15, 0.2) is 0 Å². The average Bonchev–Trinajstić information content (AvgIpc) is 2.67. The summed E-state index contributed by atoms with van der Waals surface area (Å²) in [4.78, 5) is 45.2. The van der Waals surface area contributed by atoms with Crippen molar-refractivity contribution < 1.29 is 87.8 Å². The molecule has 2 heterocycles. The normalized spacial score (nSPS) is 24.4. The van der Waals surface area contributed by atoms with Crippen LogP contribution in [0.4, 0.5) is 0 Å². The Labute approximate surface area is 168 Å². The van der Waals surface area contributed by atoms with Gasteiger partial charge in [-0.05, 0) is 0 Å². The SMILES string of the molecule is O=c1ccn(C2CC(O)C(COP(=O)([O-])[O-])O2)c(=O)[nH]1.[Na+].[Na+]. The Morgan fingerprint density at radius 1 is 1.45 bits per heavy atom. The first kappa shape index (κ1) is 22.7. The van der Waals surface area contributed by atoms with E-state index in [1.54, 1.807) is 0 Å². The van der Waals surface area contributed by atoms with E-state index >= 15 is 0 Å². The number of hydrogen-bond donors (Lipinski definition) is 2. The maximum Gasteiger partial charge on any atom is 1.00 e. The van der Waals surface area contributed by atoms with Crippen LogP contribution in [-0.2, 0) is 13.8 Å². The molecule has 22 heavy (non-hydrogen) atoms. The number of aliphatic hydroxyl groups is 1. The molecule has 13 heteroatoms. The molecular weight excluding hydrogens is 341 g/mol. The monoisotopic (exact) mass is 352 g/mol. The van der Waals surface area contributed by atoms with Crippen molar-refractivity contribution in [3.63, 3.8) is 0 Å². The van der Waals surface area contributed by atoms with E-state index in [9.17, 15) is 29.0 Å². The molecule has 1 aromatic rings. The van der Waals surface area contributed by atoms with Crippen molar-refractivity contribution in [1.29, 1.82) is 0 Å². The number of ether oxygens (including phenoxy) is 1. The Bertz CT molecular complexity index is 643. The molecule has 10 nitrogen and oxygen atoms in total. The summed E-state index contributed by atoms with van der Waals surface area (Å²) in [6.45, 7) is -0.639. The molecule has 2 N–H and O–H groups in total. The van der Waals surface area contributed by atoms with Gasteiger partial charge in [-0.15, -0.1) is 0 Å². The molecule has 2 rings (SSSR count). The first-order valence-electron chi connectivity index (χ1n) is 5.58. The molecule has 1 fully saturated rings. The number of hydrogen-bond acceptors (Lipinski definition) is 8. The second-order valence-electron chi connectivity index (χ2n) is 4.19. The van der Waals surface area contributed by atoms with Crippen molar-refractivity contribution in [2.24, 2.45) is 0 Å². The number of nitrogens with one attached hydrogen (secondary N) is 1. The number of aromatic amines is 1. The molecule has 1 aliphatic rings. The van der Waals surface area contributed by atoms with Gasteiger partial charge in [-0.3, -0.25) is 14.3 Å². The van der Waals surface area contributed by atoms with E-state index in [-0.39, 0.29) is 65.5 Å². The molecule has 0 aromatic carbocycles. The molecule has 1 aromatic heterocycles. The Balaban J connectivity index is 0.00000220. The van der Waals surface area contributed by atoms with Crippen LogP contribution in [-0.4, -0.2) is 33.5 Å². The fourth-order valence-corrected chi connectivity index (χ4v) is 2.18. The standard InChI is InChI=1S/C9H13N2O8P.2Na/c12-5-3-8(11-2-1-7(13)10-9(11)14)19-6(5)4-18-20(15,16)17;;/h1-2,5-6,8,12H,3-4H2,(H,10,13,14)(H2,15,16,17);;/q;2*+1/p-2. The van der Waals surface area contributed by atoms with Crippen molar-refractivity contribution in [2.75, 3.05) is 6.61 Å². The summed E-state index contributed by atoms with van der Waals surface area (Å²) in [5.74, 6) is 0. The van der Waals surface area contributed by atoms with Gasteiger partial charge >= 0.3 is 64.8 Å². The first-order chi connectivity index (χ1) is 9.26. The van der Waals surface area contributed by atoms with Crippen molar-refractivity contribution in [2.45, 2.75) is 24.9 Å². The van der Waals surface area contributed by atoms with Gasteiger partial charge in [0.1, 0.15) is 12.3 Å². The van der Waals surface area contributed by atoms with E-state index in [1.165, 1.54) is 6.20 Å². The molecule has 0 radical (unpaired) electrons. The minimum Gasteiger partial charge on any atom is -0.790 e. The third kappa shape index (κ3) is 6.31. The van der Waals surface area contributed by atoms with Gasteiger partial charge in [-0.25, -0.2) is 4.79 Å². The van der Waals surface area contributed by atoms with Gasteiger partial charge in [0.25, 0.3) is 5.56 Å². The second-order valence-corrected chi connectivity index (χ2v) is 5.35. The third-order valence-corrected chi connectivity index (χ3v) is 3.23. The zero-order chi connectivity index (χ0) is 14.9. The molecule has 0 amide bonds. The summed E-state index contributed by atoms with van der Waals surface area (Å²) in [5, 5.41) is 9.68. The average molecular weight is 352 g/mol. The molecular formula is C9H11N2Na2O8P. The van der Waals surface area contributed by atoms with Crippen molar-refractivity contribution >= 4 is 7.82 Å². The van der Waals surface area contributed by atoms with Crippen LogP contribution < -0.4 is 80.2 Å². The second kappa shape index (κ2) is 9.26. The summed E-state index contributed by atoms with van der Waals surface area (Å²) in [6, 6.07) is 1.10. The Morgan fingerprint density at radius 2 is 2.09 bits per heavy atom. The summed E-state index contributed by atoms with van der Waals surface area (Å²) < 4.78 is 20.7. The number of phosphoric acid groups is 1. The van der Waals surface area contributed by atoms with Gasteiger partial charge in [0.2, 0.25) is 0 Å². The Kier molecular flexibility index (Phi) is 9.56. The van der Waals surface area contributed by atoms with Gasteiger partial charge in [-0.2, -0.15) is 0 Å². The van der Waals surface area contributed by atoms with Crippen LogP contribution in [0.3, 0.4) is 0 Å². The van der Waals surface area contributed by atoms with Gasteiger partial charge < -0.3 is 28.7 Å². The van der Waals surface area contributed by atoms with Crippen LogP contribution in [0, 0.1) is 0 Å². The van der Waals surface area contributed by atoms with Crippen molar-refractivity contribution in [3.05, 3.63) is 33.1 Å². The molecule has 0 spiro atoms. The quantitative estimate of drug-likeness (QED) is 0.399. The summed E-state index contributed by atoms with van der Waals surface area (Å²) >= 11 is 0. The van der Waals surface area contributed by atoms with E-state index in [4.69, 9.17) is 4.74 Å². The fourth-order valence-electron chi connectivity index (χ4n) is 1.85. The largest absolute Gasteiger partial charge is 1.00 e. The van der Waals surface area contributed by atoms with E-state index in [0.717, 1.165) is 10.6 Å². The smallest absolute Gasteiger partial charge is 0.790 e. The Hall–Kier alpha value is 0.710.